The molecule has 218 valence electrons. The normalized spacial score (nSPS) is 15.2. The molecule has 0 saturated carbocycles. The number of alkyl carbamates (subject to hydrolysis) is 1. The summed E-state index contributed by atoms with van der Waals surface area (Å²) in [7, 11) is 1.84. The van der Waals surface area contributed by atoms with Crippen molar-refractivity contribution in [1.29, 1.82) is 0 Å². The van der Waals surface area contributed by atoms with Crippen LogP contribution in [0.4, 0.5) is 21.1 Å². The summed E-state index contributed by atoms with van der Waals surface area (Å²) in [5, 5.41) is 14.1. The van der Waals surface area contributed by atoms with Gasteiger partial charge in [0.25, 0.3) is 0 Å². The number of likely N-dealkylation sites (tertiary alicyclic amines) is 1. The zero-order valence-electron chi connectivity index (χ0n) is 24.5. The molecule has 3 aromatic carbocycles. The summed E-state index contributed by atoms with van der Waals surface area (Å²) < 4.78 is 7.29. The van der Waals surface area contributed by atoms with Crippen LogP contribution in [0, 0.1) is 0 Å². The van der Waals surface area contributed by atoms with E-state index in [9.17, 15) is 9.59 Å². The van der Waals surface area contributed by atoms with Crippen LogP contribution >= 0.6 is 0 Å². The fraction of sp³-hybridized carbons (Fsp3) is 0.303. The Balaban J connectivity index is 1.43. The largest absolute Gasteiger partial charge is 0.444 e. The van der Waals surface area contributed by atoms with Gasteiger partial charge in [0.2, 0.25) is 0 Å². The Labute approximate surface area is 246 Å². The van der Waals surface area contributed by atoms with Gasteiger partial charge in [-0.25, -0.2) is 9.59 Å². The Bertz CT molecular complexity index is 1400. The van der Waals surface area contributed by atoms with E-state index in [1.54, 1.807) is 15.8 Å². The Morgan fingerprint density at radius 2 is 1.38 bits per heavy atom. The van der Waals surface area contributed by atoms with Gasteiger partial charge in [0.05, 0.1) is 12.7 Å². The summed E-state index contributed by atoms with van der Waals surface area (Å²) >= 11 is 0. The highest BCUT2D eigenvalue weighted by Gasteiger charge is 2.38. The monoisotopic (exact) mass is 566 g/mol. The molecule has 5 rings (SSSR count). The predicted molar refractivity (Wildman–Crippen MR) is 164 cm³/mol. The molecule has 4 aromatic rings. The summed E-state index contributed by atoms with van der Waals surface area (Å²) in [5.41, 5.74) is 2.47. The molecular weight excluding hydrogens is 528 g/mol. The van der Waals surface area contributed by atoms with E-state index in [1.807, 2.05) is 82.4 Å². The van der Waals surface area contributed by atoms with Gasteiger partial charge in [0, 0.05) is 25.6 Å². The van der Waals surface area contributed by atoms with Gasteiger partial charge in [0.15, 0.2) is 0 Å². The molecule has 3 amide bonds. The summed E-state index contributed by atoms with van der Waals surface area (Å²) in [4.78, 5) is 27.3. The quantitative estimate of drug-likeness (QED) is 0.240. The molecule has 0 radical (unpaired) electrons. The Hall–Kier alpha value is -4.79. The van der Waals surface area contributed by atoms with Crippen LogP contribution in [0.25, 0.3) is 0 Å². The fourth-order valence-electron chi connectivity index (χ4n) is 5.33. The molecule has 0 unspecified atom stereocenters. The van der Waals surface area contributed by atoms with E-state index < -0.39 is 17.2 Å². The molecule has 9 heteroatoms. The highest BCUT2D eigenvalue weighted by Crippen LogP contribution is 2.41. The second-order valence-corrected chi connectivity index (χ2v) is 11.6. The molecule has 0 bridgehead atoms. The van der Waals surface area contributed by atoms with Crippen molar-refractivity contribution in [3.8, 4) is 0 Å². The van der Waals surface area contributed by atoms with E-state index in [4.69, 9.17) is 4.74 Å². The molecule has 9 nitrogen and oxygen atoms in total. The van der Waals surface area contributed by atoms with E-state index in [0.29, 0.717) is 31.0 Å². The molecule has 1 fully saturated rings. The number of benzene rings is 3. The fourth-order valence-corrected chi connectivity index (χ4v) is 5.33. The number of amides is 3. The molecule has 0 aliphatic carbocycles. The van der Waals surface area contributed by atoms with Gasteiger partial charge in [-0.05, 0) is 37.5 Å². The minimum atomic E-state index is -0.788. The van der Waals surface area contributed by atoms with E-state index in [1.165, 1.54) is 0 Å². The topological polar surface area (TPSA) is 101 Å². The molecule has 1 aliphatic heterocycles. The van der Waals surface area contributed by atoms with Gasteiger partial charge in [-0.3, -0.25) is 4.68 Å². The van der Waals surface area contributed by atoms with E-state index in [-0.39, 0.29) is 12.1 Å². The van der Waals surface area contributed by atoms with Crippen LogP contribution in [-0.4, -0.2) is 51.5 Å². The first-order chi connectivity index (χ1) is 20.2. The summed E-state index contributed by atoms with van der Waals surface area (Å²) in [5.74, 6) is 0.650. The molecule has 1 atom stereocenters. The van der Waals surface area contributed by atoms with Crippen molar-refractivity contribution in [1.82, 2.24) is 20.0 Å². The average Bonchev–Trinajstić information content (AvgIpc) is 3.58. The van der Waals surface area contributed by atoms with Gasteiger partial charge >= 0.3 is 12.1 Å². The average molecular weight is 567 g/mol. The van der Waals surface area contributed by atoms with Gasteiger partial charge in [-0.1, -0.05) is 91.0 Å². The maximum Gasteiger partial charge on any atom is 0.407 e. The van der Waals surface area contributed by atoms with E-state index in [2.05, 4.69) is 57.4 Å². The van der Waals surface area contributed by atoms with Crippen molar-refractivity contribution >= 4 is 23.6 Å². The highest BCUT2D eigenvalue weighted by atomic mass is 16.6. The molecule has 1 aromatic heterocycles. The third-order valence-corrected chi connectivity index (χ3v) is 7.29. The van der Waals surface area contributed by atoms with Crippen LogP contribution in [0.2, 0.25) is 0 Å². The lowest BCUT2D eigenvalue weighted by Crippen LogP contribution is -2.43. The smallest absolute Gasteiger partial charge is 0.407 e. The number of ether oxygens (including phenoxy) is 1. The van der Waals surface area contributed by atoms with Gasteiger partial charge in [-0.15, -0.1) is 0 Å². The molecule has 2 heterocycles. The van der Waals surface area contributed by atoms with Crippen LogP contribution in [-0.2, 0) is 17.3 Å². The minimum Gasteiger partial charge on any atom is -0.444 e. The van der Waals surface area contributed by atoms with Gasteiger partial charge < -0.3 is 25.6 Å². The molecular formula is C33H38N6O3. The standard InChI is InChI=1S/C33H38N6O3/c1-32(2,3)37-31(41)42-27-20-21-39(23-27)30(40)35-28-22-34-38(4)29(28)36-33(24-14-8-5-9-15-24,25-16-10-6-11-17-25)26-18-12-7-13-19-26/h5-19,22,27,36H,20-21,23H2,1-4H3,(H,35,40)(H,37,41)/t27-/m1/s1. The Kier molecular flexibility index (Phi) is 8.20. The second kappa shape index (κ2) is 12.0. The number of hydrogen-bond acceptors (Lipinski definition) is 5. The van der Waals surface area contributed by atoms with Crippen molar-refractivity contribution < 1.29 is 14.3 Å². The minimum absolute atomic E-state index is 0.280. The maximum atomic E-state index is 13.4. The molecule has 1 saturated heterocycles. The predicted octanol–water partition coefficient (Wildman–Crippen LogP) is 5.96. The molecule has 1 aliphatic rings. The zero-order valence-corrected chi connectivity index (χ0v) is 24.5. The lowest BCUT2D eigenvalue weighted by Gasteiger charge is -2.38. The lowest BCUT2D eigenvalue weighted by molar-refractivity contribution is 0.0959. The molecule has 0 spiro atoms. The van der Waals surface area contributed by atoms with Gasteiger partial charge in [-0.2, -0.15) is 5.10 Å². The van der Waals surface area contributed by atoms with Crippen LogP contribution < -0.4 is 16.0 Å². The second-order valence-electron chi connectivity index (χ2n) is 11.6. The van der Waals surface area contributed by atoms with Gasteiger partial charge in [0.1, 0.15) is 23.1 Å². The highest BCUT2D eigenvalue weighted by molar-refractivity contribution is 5.93. The van der Waals surface area contributed by atoms with Crippen molar-refractivity contribution in [3.63, 3.8) is 0 Å². The zero-order chi connectivity index (χ0) is 29.7. The number of hydrogen-bond donors (Lipinski definition) is 3. The number of carbonyl (C=O) groups excluding carboxylic acids is 2. The SMILES string of the molecule is Cn1ncc(NC(=O)N2CC[C@@H](OC(=O)NC(C)(C)C)C2)c1NC(c1ccccc1)(c1ccccc1)c1ccccc1. The first-order valence-electron chi connectivity index (χ1n) is 14.2. The third kappa shape index (κ3) is 6.25. The van der Waals surface area contributed by atoms with Crippen molar-refractivity contribution in [3.05, 3.63) is 114 Å². The maximum absolute atomic E-state index is 13.4. The van der Waals surface area contributed by atoms with Crippen LogP contribution in [0.5, 0.6) is 0 Å². The van der Waals surface area contributed by atoms with Crippen molar-refractivity contribution in [2.75, 3.05) is 23.7 Å². The summed E-state index contributed by atoms with van der Waals surface area (Å²) in [6, 6.07) is 30.5. The first-order valence-corrected chi connectivity index (χ1v) is 14.2. The lowest BCUT2D eigenvalue weighted by atomic mass is 9.77. The Morgan fingerprint density at radius 3 is 1.88 bits per heavy atom. The number of nitrogens with one attached hydrogen (secondary N) is 3. The summed E-state index contributed by atoms with van der Waals surface area (Å²) in [6.45, 7) is 6.47. The van der Waals surface area contributed by atoms with Crippen molar-refractivity contribution in [2.24, 2.45) is 7.05 Å². The Morgan fingerprint density at radius 1 is 0.857 bits per heavy atom. The van der Waals surface area contributed by atoms with Crippen LogP contribution in [0.15, 0.2) is 97.2 Å². The first kappa shape index (κ1) is 28.7. The van der Waals surface area contributed by atoms with E-state index in [0.717, 1.165) is 16.7 Å². The van der Waals surface area contributed by atoms with Crippen molar-refractivity contribution in [2.45, 2.75) is 44.4 Å². The third-order valence-electron chi connectivity index (χ3n) is 7.29. The summed E-state index contributed by atoms with van der Waals surface area (Å²) in [6.07, 6.45) is 1.37. The number of carbonyl (C=O) groups is 2. The van der Waals surface area contributed by atoms with Crippen LogP contribution in [0.3, 0.4) is 0 Å². The number of rotatable bonds is 7. The molecule has 42 heavy (non-hydrogen) atoms. The van der Waals surface area contributed by atoms with Crippen LogP contribution in [0.1, 0.15) is 43.9 Å². The van der Waals surface area contributed by atoms with E-state index >= 15 is 0 Å². The number of anilines is 2. The number of aromatic nitrogens is 2. The number of nitrogens with zero attached hydrogens (tertiary/aromatic N) is 3. The number of urea groups is 1. The molecule has 3 N–H and O–H groups in total. The number of aryl methyl sites for hydroxylation is 1.